The quantitative estimate of drug-likeness (QED) is 0.890. The molecule has 5 nitrogen and oxygen atoms in total. The van der Waals surface area contributed by atoms with E-state index in [1.54, 1.807) is 6.20 Å². The number of aromatic nitrogens is 2. The van der Waals surface area contributed by atoms with Gasteiger partial charge in [-0.05, 0) is 37.6 Å². The van der Waals surface area contributed by atoms with E-state index in [1.807, 2.05) is 55.1 Å². The standard InChI is InChI=1S/C15H20N4O.ClH/c1-15(2,11-16)14(20)18-13-6-4-12(5-7-13)10-19-9-3-8-17-19;/h3-9H,10-11,16H2,1-2H3,(H,18,20);1H. The number of amides is 1. The van der Waals surface area contributed by atoms with Gasteiger partial charge in [-0.3, -0.25) is 9.48 Å². The molecule has 2 rings (SSSR count). The van der Waals surface area contributed by atoms with E-state index in [0.29, 0.717) is 6.54 Å². The molecule has 1 heterocycles. The smallest absolute Gasteiger partial charge is 0.231 e. The average Bonchev–Trinajstić information content (AvgIpc) is 2.94. The summed E-state index contributed by atoms with van der Waals surface area (Å²) in [6.45, 7) is 4.69. The molecule has 3 N–H and O–H groups in total. The molecule has 0 fully saturated rings. The van der Waals surface area contributed by atoms with Crippen LogP contribution in [0.2, 0.25) is 0 Å². The summed E-state index contributed by atoms with van der Waals surface area (Å²) in [6, 6.07) is 9.63. The number of anilines is 1. The molecule has 0 saturated carbocycles. The Morgan fingerprint density at radius 3 is 2.52 bits per heavy atom. The summed E-state index contributed by atoms with van der Waals surface area (Å²) in [6.07, 6.45) is 3.67. The van der Waals surface area contributed by atoms with Gasteiger partial charge in [0.15, 0.2) is 0 Å². The van der Waals surface area contributed by atoms with Crippen molar-refractivity contribution in [2.75, 3.05) is 11.9 Å². The monoisotopic (exact) mass is 308 g/mol. The summed E-state index contributed by atoms with van der Waals surface area (Å²) in [7, 11) is 0. The molecule has 114 valence electrons. The van der Waals surface area contributed by atoms with Crippen LogP contribution in [0.3, 0.4) is 0 Å². The molecule has 0 spiro atoms. The lowest BCUT2D eigenvalue weighted by atomic mass is 9.92. The summed E-state index contributed by atoms with van der Waals surface area (Å²) >= 11 is 0. The van der Waals surface area contributed by atoms with E-state index >= 15 is 0 Å². The van der Waals surface area contributed by atoms with E-state index in [-0.39, 0.29) is 18.3 Å². The lowest BCUT2D eigenvalue weighted by Crippen LogP contribution is -2.37. The molecule has 21 heavy (non-hydrogen) atoms. The fourth-order valence-electron chi connectivity index (χ4n) is 1.67. The van der Waals surface area contributed by atoms with Crippen molar-refractivity contribution < 1.29 is 4.79 Å². The van der Waals surface area contributed by atoms with Gasteiger partial charge in [-0.15, -0.1) is 12.4 Å². The second-order valence-electron chi connectivity index (χ2n) is 5.44. The van der Waals surface area contributed by atoms with Crippen LogP contribution in [0.1, 0.15) is 19.4 Å². The molecule has 0 unspecified atom stereocenters. The highest BCUT2D eigenvalue weighted by Gasteiger charge is 2.25. The minimum atomic E-state index is -0.562. The Hall–Kier alpha value is -1.85. The van der Waals surface area contributed by atoms with Crippen LogP contribution in [0.4, 0.5) is 5.69 Å². The Kier molecular flexibility index (Phi) is 5.93. The van der Waals surface area contributed by atoms with Gasteiger partial charge in [-0.1, -0.05) is 12.1 Å². The lowest BCUT2D eigenvalue weighted by molar-refractivity contribution is -0.123. The number of carbonyl (C=O) groups excluding carboxylic acids is 1. The van der Waals surface area contributed by atoms with E-state index in [0.717, 1.165) is 17.8 Å². The van der Waals surface area contributed by atoms with Crippen LogP contribution in [0.5, 0.6) is 0 Å². The first kappa shape index (κ1) is 17.2. The predicted molar refractivity (Wildman–Crippen MR) is 86.5 cm³/mol. The number of nitrogens with two attached hydrogens (primary N) is 1. The van der Waals surface area contributed by atoms with Gasteiger partial charge in [0.1, 0.15) is 0 Å². The molecule has 0 saturated heterocycles. The molecule has 1 aromatic carbocycles. The number of nitrogens with zero attached hydrogens (tertiary/aromatic N) is 2. The second kappa shape index (κ2) is 7.24. The molecule has 0 aliphatic heterocycles. The minimum Gasteiger partial charge on any atom is -0.329 e. The number of hydrogen-bond donors (Lipinski definition) is 2. The van der Waals surface area contributed by atoms with E-state index in [1.165, 1.54) is 0 Å². The fourth-order valence-corrected chi connectivity index (χ4v) is 1.67. The van der Waals surface area contributed by atoms with Gasteiger partial charge >= 0.3 is 0 Å². The van der Waals surface area contributed by atoms with Crippen LogP contribution >= 0.6 is 12.4 Å². The molecule has 0 atom stereocenters. The summed E-state index contributed by atoms with van der Waals surface area (Å²) in [5.41, 5.74) is 6.94. The van der Waals surface area contributed by atoms with E-state index < -0.39 is 5.41 Å². The summed E-state index contributed by atoms with van der Waals surface area (Å²) < 4.78 is 1.85. The number of halogens is 1. The first-order chi connectivity index (χ1) is 9.51. The van der Waals surface area contributed by atoms with Crippen molar-refractivity contribution in [2.24, 2.45) is 11.1 Å². The van der Waals surface area contributed by atoms with Crippen LogP contribution in [-0.4, -0.2) is 22.2 Å². The second-order valence-corrected chi connectivity index (χ2v) is 5.44. The zero-order valence-corrected chi connectivity index (χ0v) is 13.1. The Labute approximate surface area is 130 Å². The Bertz CT molecular complexity index is 564. The first-order valence-corrected chi connectivity index (χ1v) is 6.59. The van der Waals surface area contributed by atoms with Gasteiger partial charge in [0.05, 0.1) is 12.0 Å². The number of rotatable bonds is 5. The van der Waals surface area contributed by atoms with Gasteiger partial charge < -0.3 is 11.1 Å². The maximum Gasteiger partial charge on any atom is 0.231 e. The average molecular weight is 309 g/mol. The number of nitrogens with one attached hydrogen (secondary N) is 1. The third-order valence-electron chi connectivity index (χ3n) is 3.24. The van der Waals surface area contributed by atoms with Crippen LogP contribution in [0.25, 0.3) is 0 Å². The molecule has 2 aromatic rings. The summed E-state index contributed by atoms with van der Waals surface area (Å²) in [4.78, 5) is 12.0. The highest BCUT2D eigenvalue weighted by molar-refractivity contribution is 5.94. The van der Waals surface area contributed by atoms with Crippen LogP contribution in [0, 0.1) is 5.41 Å². The van der Waals surface area contributed by atoms with Crippen LogP contribution in [-0.2, 0) is 11.3 Å². The minimum absolute atomic E-state index is 0. The molecule has 0 bridgehead atoms. The van der Waals surface area contributed by atoms with Crippen molar-refractivity contribution in [1.29, 1.82) is 0 Å². The van der Waals surface area contributed by atoms with Crippen LogP contribution in [0.15, 0.2) is 42.7 Å². The van der Waals surface area contributed by atoms with Gasteiger partial charge in [-0.2, -0.15) is 5.10 Å². The molecule has 0 aliphatic carbocycles. The third kappa shape index (κ3) is 4.58. The molecule has 0 radical (unpaired) electrons. The fraction of sp³-hybridized carbons (Fsp3) is 0.333. The topological polar surface area (TPSA) is 72.9 Å². The van der Waals surface area contributed by atoms with Crippen LogP contribution < -0.4 is 11.1 Å². The lowest BCUT2D eigenvalue weighted by Gasteiger charge is -2.21. The number of carbonyl (C=O) groups is 1. The van der Waals surface area contributed by atoms with Crippen molar-refractivity contribution in [3.63, 3.8) is 0 Å². The van der Waals surface area contributed by atoms with Crippen molar-refractivity contribution in [3.8, 4) is 0 Å². The zero-order chi connectivity index (χ0) is 14.6. The molecule has 1 amide bonds. The van der Waals surface area contributed by atoms with E-state index in [4.69, 9.17) is 5.73 Å². The van der Waals surface area contributed by atoms with E-state index in [9.17, 15) is 4.79 Å². The Morgan fingerprint density at radius 2 is 2.00 bits per heavy atom. The Morgan fingerprint density at radius 1 is 1.33 bits per heavy atom. The van der Waals surface area contributed by atoms with Crippen molar-refractivity contribution in [2.45, 2.75) is 20.4 Å². The number of hydrogen-bond acceptors (Lipinski definition) is 3. The maximum atomic E-state index is 12.0. The van der Waals surface area contributed by atoms with Gasteiger partial charge in [0.2, 0.25) is 5.91 Å². The Balaban J connectivity index is 0.00000220. The SMILES string of the molecule is CC(C)(CN)C(=O)Nc1ccc(Cn2cccn2)cc1.Cl. The normalized spacial score (nSPS) is 10.8. The van der Waals surface area contributed by atoms with Gasteiger partial charge in [0.25, 0.3) is 0 Å². The molecular weight excluding hydrogens is 288 g/mol. The highest BCUT2D eigenvalue weighted by atomic mass is 35.5. The number of benzene rings is 1. The zero-order valence-electron chi connectivity index (χ0n) is 12.2. The predicted octanol–water partition coefficient (Wildman–Crippen LogP) is 2.28. The maximum absolute atomic E-state index is 12.0. The third-order valence-corrected chi connectivity index (χ3v) is 3.24. The first-order valence-electron chi connectivity index (χ1n) is 6.59. The molecular formula is C15H21ClN4O. The van der Waals surface area contributed by atoms with E-state index in [2.05, 4.69) is 10.4 Å². The van der Waals surface area contributed by atoms with Gasteiger partial charge in [0, 0.05) is 24.6 Å². The van der Waals surface area contributed by atoms with Gasteiger partial charge in [-0.25, -0.2) is 0 Å². The molecule has 0 aliphatic rings. The van der Waals surface area contributed by atoms with Crippen molar-refractivity contribution in [3.05, 3.63) is 48.3 Å². The molecule has 6 heteroatoms. The largest absolute Gasteiger partial charge is 0.329 e. The van der Waals surface area contributed by atoms with Crippen molar-refractivity contribution in [1.82, 2.24) is 9.78 Å². The molecule has 1 aromatic heterocycles. The van der Waals surface area contributed by atoms with Crippen molar-refractivity contribution >= 4 is 24.0 Å². The summed E-state index contributed by atoms with van der Waals surface area (Å²) in [5, 5.41) is 7.04. The summed E-state index contributed by atoms with van der Waals surface area (Å²) in [5.74, 6) is -0.0696. The highest BCUT2D eigenvalue weighted by Crippen LogP contribution is 2.17.